The van der Waals surface area contributed by atoms with Gasteiger partial charge in [-0.25, -0.2) is 4.39 Å². The van der Waals surface area contributed by atoms with Crippen LogP contribution in [0.2, 0.25) is 0 Å². The van der Waals surface area contributed by atoms with Crippen molar-refractivity contribution in [2.45, 2.75) is 19.9 Å². The number of anilines is 1. The number of fused-ring (bicyclic) bond motifs is 3. The average molecular weight is 363 g/mol. The first-order valence-electron chi connectivity index (χ1n) is 8.68. The Morgan fingerprint density at radius 1 is 1.04 bits per heavy atom. The van der Waals surface area contributed by atoms with Gasteiger partial charge >= 0.3 is 0 Å². The molecule has 0 fully saturated rings. The zero-order chi connectivity index (χ0) is 19.0. The van der Waals surface area contributed by atoms with Gasteiger partial charge in [-0.15, -0.1) is 0 Å². The molecule has 4 rings (SSSR count). The molecule has 1 N–H and O–H groups in total. The van der Waals surface area contributed by atoms with Crippen LogP contribution in [0.3, 0.4) is 0 Å². The normalized spacial score (nSPS) is 11.2. The van der Waals surface area contributed by atoms with Gasteiger partial charge in [0, 0.05) is 24.8 Å². The summed E-state index contributed by atoms with van der Waals surface area (Å²) in [5, 5.41) is 2.82. The monoisotopic (exact) mass is 363 g/mol. The first-order valence-corrected chi connectivity index (χ1v) is 8.68. The van der Waals surface area contributed by atoms with E-state index in [4.69, 9.17) is 0 Å². The number of aryl methyl sites for hydroxylation is 2. The zero-order valence-corrected chi connectivity index (χ0v) is 14.8. The van der Waals surface area contributed by atoms with Crippen LogP contribution in [-0.2, 0) is 11.3 Å². The molecule has 0 unspecified atom stereocenters. The third-order valence-electron chi connectivity index (χ3n) is 4.60. The van der Waals surface area contributed by atoms with Crippen molar-refractivity contribution < 1.29 is 9.18 Å². The van der Waals surface area contributed by atoms with Gasteiger partial charge in [0.15, 0.2) is 0 Å². The minimum Gasteiger partial charge on any atom is -0.326 e. The Morgan fingerprint density at radius 3 is 2.59 bits per heavy atom. The van der Waals surface area contributed by atoms with E-state index in [9.17, 15) is 14.0 Å². The van der Waals surface area contributed by atoms with Crippen molar-refractivity contribution in [1.29, 1.82) is 0 Å². The molecule has 0 aliphatic heterocycles. The Hall–Kier alpha value is -3.41. The van der Waals surface area contributed by atoms with Crippen LogP contribution in [0.1, 0.15) is 12.0 Å². The molecule has 0 radical (unpaired) electrons. The van der Waals surface area contributed by atoms with E-state index in [2.05, 4.69) is 5.32 Å². The molecule has 0 aliphatic rings. The molecular formula is C21H18FN3O2. The first-order chi connectivity index (χ1) is 13.0. The van der Waals surface area contributed by atoms with Crippen LogP contribution in [0.15, 0.2) is 65.6 Å². The van der Waals surface area contributed by atoms with E-state index >= 15 is 0 Å². The number of aromatic nitrogens is 2. The summed E-state index contributed by atoms with van der Waals surface area (Å²) in [6, 6.07) is 15.3. The lowest BCUT2D eigenvalue weighted by Crippen LogP contribution is -2.25. The maximum Gasteiger partial charge on any atom is 0.275 e. The van der Waals surface area contributed by atoms with Crippen molar-refractivity contribution >= 4 is 28.1 Å². The van der Waals surface area contributed by atoms with Crippen LogP contribution >= 0.6 is 0 Å². The van der Waals surface area contributed by atoms with Crippen molar-refractivity contribution in [3.05, 3.63) is 82.5 Å². The summed E-state index contributed by atoms with van der Waals surface area (Å²) in [6.07, 6.45) is 1.88. The number of rotatable bonds is 4. The molecule has 0 saturated carbocycles. The number of carbonyl (C=O) groups is 1. The fourth-order valence-corrected chi connectivity index (χ4v) is 3.23. The van der Waals surface area contributed by atoms with E-state index in [-0.39, 0.29) is 24.4 Å². The van der Waals surface area contributed by atoms with Crippen molar-refractivity contribution in [1.82, 2.24) is 8.97 Å². The Bertz CT molecular complexity index is 1210. The summed E-state index contributed by atoms with van der Waals surface area (Å²) < 4.78 is 17.0. The maximum absolute atomic E-state index is 13.8. The lowest BCUT2D eigenvalue weighted by Gasteiger charge is -2.13. The highest BCUT2D eigenvalue weighted by Gasteiger charge is 2.12. The van der Waals surface area contributed by atoms with Gasteiger partial charge in [0.05, 0.1) is 11.0 Å². The van der Waals surface area contributed by atoms with E-state index < -0.39 is 5.82 Å². The first kappa shape index (κ1) is 17.0. The number of hydrogen-bond acceptors (Lipinski definition) is 2. The maximum atomic E-state index is 13.8. The van der Waals surface area contributed by atoms with Crippen LogP contribution in [0, 0.1) is 12.7 Å². The molecule has 136 valence electrons. The number of amides is 1. The number of carbonyl (C=O) groups excluding carboxylic acids is 1. The minimum atomic E-state index is -0.425. The molecule has 2 aromatic heterocycles. The molecule has 0 aliphatic carbocycles. The second kappa shape index (κ2) is 6.72. The zero-order valence-electron chi connectivity index (χ0n) is 14.8. The van der Waals surface area contributed by atoms with Crippen LogP contribution in [0.5, 0.6) is 0 Å². The van der Waals surface area contributed by atoms with Gasteiger partial charge in [-0.3, -0.25) is 9.59 Å². The smallest absolute Gasteiger partial charge is 0.275 e. The van der Waals surface area contributed by atoms with Crippen LogP contribution in [-0.4, -0.2) is 14.9 Å². The average Bonchev–Trinajstić information content (AvgIpc) is 3.13. The van der Waals surface area contributed by atoms with Crippen molar-refractivity contribution in [3.8, 4) is 0 Å². The van der Waals surface area contributed by atoms with E-state index in [1.165, 1.54) is 16.7 Å². The molecule has 2 aromatic carbocycles. The van der Waals surface area contributed by atoms with E-state index in [0.717, 1.165) is 11.1 Å². The lowest BCUT2D eigenvalue weighted by molar-refractivity contribution is -0.116. The van der Waals surface area contributed by atoms with E-state index in [1.807, 2.05) is 31.2 Å². The molecule has 5 nitrogen and oxygen atoms in total. The number of nitrogens with zero attached hydrogens (tertiary/aromatic N) is 2. The second-order valence-electron chi connectivity index (χ2n) is 6.52. The molecule has 0 bridgehead atoms. The highest BCUT2D eigenvalue weighted by molar-refractivity contribution is 5.90. The number of nitrogens with one attached hydrogen (secondary N) is 1. The van der Waals surface area contributed by atoms with Crippen LogP contribution in [0.4, 0.5) is 10.1 Å². The second-order valence-corrected chi connectivity index (χ2v) is 6.52. The van der Waals surface area contributed by atoms with Crippen molar-refractivity contribution in [2.75, 3.05) is 5.32 Å². The standard InChI is InChI=1S/C21H18FN3O2/c1-14-4-7-16(8-5-14)23-20(26)10-12-25-19-13-15(22)6-9-17(19)24-11-2-3-18(24)21(25)27/h2-9,11,13H,10,12H2,1H3,(H,23,26). The molecular weight excluding hydrogens is 345 g/mol. The van der Waals surface area contributed by atoms with Gasteiger partial charge in [-0.1, -0.05) is 17.7 Å². The number of halogens is 1. The summed E-state index contributed by atoms with van der Waals surface area (Å²) in [4.78, 5) is 25.1. The molecule has 0 saturated heterocycles. The van der Waals surface area contributed by atoms with Gasteiger partial charge < -0.3 is 14.3 Å². The molecule has 0 atom stereocenters. The highest BCUT2D eigenvalue weighted by atomic mass is 19.1. The van der Waals surface area contributed by atoms with Gasteiger partial charge in [0.1, 0.15) is 11.3 Å². The summed E-state index contributed by atoms with van der Waals surface area (Å²) in [6.45, 7) is 2.14. The van der Waals surface area contributed by atoms with Crippen molar-refractivity contribution in [3.63, 3.8) is 0 Å². The number of hydrogen-bond donors (Lipinski definition) is 1. The van der Waals surface area contributed by atoms with Gasteiger partial charge in [-0.05, 0) is 49.4 Å². The third kappa shape index (κ3) is 3.21. The molecule has 0 spiro atoms. The predicted octanol–water partition coefficient (Wildman–Crippen LogP) is 3.73. The summed E-state index contributed by atoms with van der Waals surface area (Å²) >= 11 is 0. The number of benzene rings is 2. The molecule has 27 heavy (non-hydrogen) atoms. The van der Waals surface area contributed by atoms with E-state index in [0.29, 0.717) is 16.7 Å². The third-order valence-corrected chi connectivity index (χ3v) is 4.60. The largest absolute Gasteiger partial charge is 0.326 e. The summed E-state index contributed by atoms with van der Waals surface area (Å²) in [5.74, 6) is -0.628. The van der Waals surface area contributed by atoms with Gasteiger partial charge in [0.25, 0.3) is 5.56 Å². The topological polar surface area (TPSA) is 55.5 Å². The fraction of sp³-hybridized carbons (Fsp3) is 0.143. The van der Waals surface area contributed by atoms with Crippen LogP contribution in [0.25, 0.3) is 16.6 Å². The van der Waals surface area contributed by atoms with Crippen molar-refractivity contribution in [2.24, 2.45) is 0 Å². The molecule has 1 amide bonds. The minimum absolute atomic E-state index is 0.107. The SMILES string of the molecule is Cc1ccc(NC(=O)CCn2c(=O)c3cccn3c3ccc(F)cc32)cc1. The highest BCUT2D eigenvalue weighted by Crippen LogP contribution is 2.17. The molecule has 2 heterocycles. The Labute approximate surface area is 154 Å². The fourth-order valence-electron chi connectivity index (χ4n) is 3.23. The van der Waals surface area contributed by atoms with Gasteiger partial charge in [-0.2, -0.15) is 0 Å². The Balaban J connectivity index is 1.65. The lowest BCUT2D eigenvalue weighted by atomic mass is 10.2. The molecule has 4 aromatic rings. The van der Waals surface area contributed by atoms with Gasteiger partial charge in [0.2, 0.25) is 5.91 Å². The predicted molar refractivity (Wildman–Crippen MR) is 104 cm³/mol. The van der Waals surface area contributed by atoms with E-state index in [1.54, 1.807) is 28.8 Å². The Kier molecular flexibility index (Phi) is 4.24. The Morgan fingerprint density at radius 2 is 1.81 bits per heavy atom. The quantitative estimate of drug-likeness (QED) is 0.601. The summed E-state index contributed by atoms with van der Waals surface area (Å²) in [5.41, 5.74) is 3.24. The molecule has 6 heteroatoms. The summed E-state index contributed by atoms with van der Waals surface area (Å²) in [7, 11) is 0. The van der Waals surface area contributed by atoms with Crippen LogP contribution < -0.4 is 10.9 Å².